The van der Waals surface area contributed by atoms with Crippen molar-refractivity contribution < 1.29 is 13.6 Å². The van der Waals surface area contributed by atoms with Crippen molar-refractivity contribution in [1.29, 1.82) is 0 Å². The minimum Gasteiger partial charge on any atom is -0.459 e. The summed E-state index contributed by atoms with van der Waals surface area (Å²) in [6.07, 6.45) is 5.02. The zero-order chi connectivity index (χ0) is 18.5. The topological polar surface area (TPSA) is 105 Å². The summed E-state index contributed by atoms with van der Waals surface area (Å²) in [6, 6.07) is 7.34. The average molecular weight is 384 g/mol. The Morgan fingerprint density at radius 3 is 2.78 bits per heavy atom. The Morgan fingerprint density at radius 1 is 1.11 bits per heavy atom. The maximum absolute atomic E-state index is 5.64. The Balaban J connectivity index is 1.52. The zero-order valence-electron chi connectivity index (χ0n) is 14.5. The molecule has 4 aromatic rings. The number of furan rings is 1. The van der Waals surface area contributed by atoms with Crippen molar-refractivity contribution in [3.05, 3.63) is 48.8 Å². The van der Waals surface area contributed by atoms with Gasteiger partial charge in [-0.05, 0) is 24.3 Å². The highest BCUT2D eigenvalue weighted by atomic mass is 32.2. The van der Waals surface area contributed by atoms with Gasteiger partial charge in [-0.1, -0.05) is 11.8 Å². The minimum absolute atomic E-state index is 0.355. The molecule has 0 radical (unpaired) electrons. The molecule has 27 heavy (non-hydrogen) atoms. The third-order valence-electron chi connectivity index (χ3n) is 3.70. The molecule has 10 heteroatoms. The molecule has 0 aromatic carbocycles. The van der Waals surface area contributed by atoms with Crippen LogP contribution in [0.3, 0.4) is 0 Å². The molecule has 0 fully saturated rings. The van der Waals surface area contributed by atoms with E-state index >= 15 is 0 Å². The van der Waals surface area contributed by atoms with Crippen LogP contribution in [0.2, 0.25) is 0 Å². The molecule has 0 aliphatic rings. The van der Waals surface area contributed by atoms with Gasteiger partial charge in [0.2, 0.25) is 5.89 Å². The lowest BCUT2D eigenvalue weighted by molar-refractivity contribution is 0.185. The number of hydrogen-bond acceptors (Lipinski definition) is 9. The summed E-state index contributed by atoms with van der Waals surface area (Å²) in [7, 11) is 1.66. The Labute approximate surface area is 158 Å². The van der Waals surface area contributed by atoms with Crippen LogP contribution in [0.5, 0.6) is 0 Å². The van der Waals surface area contributed by atoms with E-state index in [0.29, 0.717) is 36.4 Å². The van der Waals surface area contributed by atoms with Crippen molar-refractivity contribution in [2.75, 3.05) is 13.7 Å². The molecule has 4 heterocycles. The first-order valence-corrected chi connectivity index (χ1v) is 9.15. The molecule has 4 rings (SSSR count). The van der Waals surface area contributed by atoms with Gasteiger partial charge in [0, 0.05) is 25.1 Å². The minimum atomic E-state index is 0.355. The quantitative estimate of drug-likeness (QED) is 0.424. The van der Waals surface area contributed by atoms with Gasteiger partial charge in [-0.15, -0.1) is 20.4 Å². The van der Waals surface area contributed by atoms with Gasteiger partial charge in [-0.3, -0.25) is 9.55 Å². The Kier molecular flexibility index (Phi) is 5.26. The molecule has 0 N–H and O–H groups in total. The van der Waals surface area contributed by atoms with E-state index in [1.54, 1.807) is 37.9 Å². The van der Waals surface area contributed by atoms with Gasteiger partial charge in [0.05, 0.1) is 25.2 Å². The van der Waals surface area contributed by atoms with Crippen LogP contribution >= 0.6 is 11.8 Å². The fourth-order valence-electron chi connectivity index (χ4n) is 2.43. The van der Waals surface area contributed by atoms with Crippen LogP contribution in [0.1, 0.15) is 5.89 Å². The number of ether oxygens (including phenoxy) is 1. The predicted molar refractivity (Wildman–Crippen MR) is 96.7 cm³/mol. The molecule has 0 aliphatic carbocycles. The molecule has 0 unspecified atom stereocenters. The van der Waals surface area contributed by atoms with Gasteiger partial charge in [0.25, 0.3) is 5.89 Å². The van der Waals surface area contributed by atoms with E-state index in [1.807, 2.05) is 16.7 Å². The summed E-state index contributed by atoms with van der Waals surface area (Å²) >= 11 is 1.47. The van der Waals surface area contributed by atoms with Crippen molar-refractivity contribution >= 4 is 11.8 Å². The fourth-order valence-corrected chi connectivity index (χ4v) is 3.23. The van der Waals surface area contributed by atoms with Crippen LogP contribution in [0.4, 0.5) is 0 Å². The summed E-state index contributed by atoms with van der Waals surface area (Å²) in [5.74, 6) is 2.61. The maximum Gasteiger partial charge on any atom is 0.283 e. The molecule has 0 atom stereocenters. The van der Waals surface area contributed by atoms with Gasteiger partial charge in [-0.2, -0.15) is 0 Å². The van der Waals surface area contributed by atoms with Crippen LogP contribution in [0.25, 0.3) is 23.0 Å². The molecular formula is C17H16N6O3S. The molecule has 0 spiro atoms. The predicted octanol–water partition coefficient (Wildman–Crippen LogP) is 2.92. The SMILES string of the molecule is COCCn1c(SCc2nnc(-c3ccco3)o2)nnc1-c1ccncc1. The summed E-state index contributed by atoms with van der Waals surface area (Å²) in [5, 5.41) is 17.4. The third-order valence-corrected chi connectivity index (χ3v) is 4.65. The molecule has 4 aromatic heterocycles. The van der Waals surface area contributed by atoms with Crippen molar-refractivity contribution in [1.82, 2.24) is 29.9 Å². The second-order valence-corrected chi connectivity index (χ2v) is 6.40. The number of hydrogen-bond donors (Lipinski definition) is 0. The first-order chi connectivity index (χ1) is 13.3. The van der Waals surface area contributed by atoms with E-state index in [4.69, 9.17) is 13.6 Å². The molecule has 138 valence electrons. The molecular weight excluding hydrogens is 368 g/mol. The standard InChI is InChI=1S/C17H16N6O3S/c1-24-10-8-23-15(12-4-6-18-7-5-12)20-22-17(23)27-11-14-19-21-16(26-14)13-3-2-9-25-13/h2-7,9H,8,10-11H2,1H3. The summed E-state index contributed by atoms with van der Waals surface area (Å²) in [4.78, 5) is 4.05. The van der Waals surface area contributed by atoms with Crippen LogP contribution in [0, 0.1) is 0 Å². The van der Waals surface area contributed by atoms with Crippen LogP contribution < -0.4 is 0 Å². The number of nitrogens with zero attached hydrogens (tertiary/aromatic N) is 6. The van der Waals surface area contributed by atoms with Crippen LogP contribution in [-0.4, -0.2) is 43.7 Å². The molecule has 0 amide bonds. The molecule has 0 saturated heterocycles. The van der Waals surface area contributed by atoms with Crippen molar-refractivity contribution in [2.45, 2.75) is 17.5 Å². The molecule has 9 nitrogen and oxygen atoms in total. The largest absolute Gasteiger partial charge is 0.459 e. The first-order valence-electron chi connectivity index (χ1n) is 8.16. The summed E-state index contributed by atoms with van der Waals surface area (Å²) < 4.78 is 18.1. The van der Waals surface area contributed by atoms with Gasteiger partial charge in [0.15, 0.2) is 16.7 Å². The van der Waals surface area contributed by atoms with Crippen molar-refractivity contribution in [2.24, 2.45) is 0 Å². The van der Waals surface area contributed by atoms with Crippen LogP contribution in [-0.2, 0) is 17.0 Å². The third kappa shape index (κ3) is 3.91. The summed E-state index contributed by atoms with van der Waals surface area (Å²) in [5.41, 5.74) is 0.943. The number of methoxy groups -OCH3 is 1. The fraction of sp³-hybridized carbons (Fsp3) is 0.235. The number of pyridine rings is 1. The first kappa shape index (κ1) is 17.4. The molecule has 0 aliphatic heterocycles. The Morgan fingerprint density at radius 2 is 2.00 bits per heavy atom. The van der Waals surface area contributed by atoms with E-state index in [0.717, 1.165) is 16.5 Å². The van der Waals surface area contributed by atoms with Gasteiger partial charge < -0.3 is 13.6 Å². The smallest absolute Gasteiger partial charge is 0.283 e. The lowest BCUT2D eigenvalue weighted by atomic mass is 10.2. The van der Waals surface area contributed by atoms with E-state index in [9.17, 15) is 0 Å². The second-order valence-electron chi connectivity index (χ2n) is 5.45. The Hall–Kier alpha value is -2.98. The molecule has 0 bridgehead atoms. The number of rotatable bonds is 8. The lowest BCUT2D eigenvalue weighted by Crippen LogP contribution is -2.07. The monoisotopic (exact) mass is 384 g/mol. The normalized spacial score (nSPS) is 11.1. The Bertz CT molecular complexity index is 983. The van der Waals surface area contributed by atoms with E-state index in [2.05, 4.69) is 25.4 Å². The highest BCUT2D eigenvalue weighted by Gasteiger charge is 2.16. The number of thioether (sulfide) groups is 1. The highest BCUT2D eigenvalue weighted by Crippen LogP contribution is 2.27. The van der Waals surface area contributed by atoms with E-state index in [-0.39, 0.29) is 0 Å². The lowest BCUT2D eigenvalue weighted by Gasteiger charge is -2.08. The molecule has 0 saturated carbocycles. The summed E-state index contributed by atoms with van der Waals surface area (Å²) in [6.45, 7) is 1.18. The highest BCUT2D eigenvalue weighted by molar-refractivity contribution is 7.98. The van der Waals surface area contributed by atoms with Gasteiger partial charge >= 0.3 is 0 Å². The van der Waals surface area contributed by atoms with Gasteiger partial charge in [0.1, 0.15) is 0 Å². The number of aromatic nitrogens is 6. The zero-order valence-corrected chi connectivity index (χ0v) is 15.3. The van der Waals surface area contributed by atoms with E-state index in [1.165, 1.54) is 11.8 Å². The van der Waals surface area contributed by atoms with E-state index < -0.39 is 0 Å². The maximum atomic E-state index is 5.64. The van der Waals surface area contributed by atoms with Gasteiger partial charge in [-0.25, -0.2) is 0 Å². The van der Waals surface area contributed by atoms with Crippen molar-refractivity contribution in [3.63, 3.8) is 0 Å². The van der Waals surface area contributed by atoms with Crippen molar-refractivity contribution in [3.8, 4) is 23.0 Å². The van der Waals surface area contributed by atoms with Crippen LogP contribution in [0.15, 0.2) is 56.9 Å². The second kappa shape index (κ2) is 8.14. The average Bonchev–Trinajstić information content (AvgIpc) is 3.45.